The molecule has 1 saturated carbocycles. The van der Waals surface area contributed by atoms with Crippen molar-refractivity contribution in [2.24, 2.45) is 17.8 Å². The van der Waals surface area contributed by atoms with E-state index >= 15 is 0 Å². The first-order valence-electron chi connectivity index (χ1n) is 10.2. The third-order valence-corrected chi connectivity index (χ3v) is 7.81. The predicted octanol–water partition coefficient (Wildman–Crippen LogP) is 3.52. The maximum Gasteiger partial charge on any atom is 0.262 e. The van der Waals surface area contributed by atoms with Gasteiger partial charge in [-0.1, -0.05) is 33.6 Å². The second-order valence-electron chi connectivity index (χ2n) is 8.65. The largest absolute Gasteiger partial charge is 0.352 e. The predicted molar refractivity (Wildman–Crippen MR) is 109 cm³/mol. The number of hydrogen-bond acceptors (Lipinski definition) is 4. The molecule has 5 nitrogen and oxygen atoms in total. The first-order chi connectivity index (χ1) is 12.9. The molecule has 1 amide bonds. The van der Waals surface area contributed by atoms with Crippen LogP contribution in [-0.4, -0.2) is 21.5 Å². The molecular weight excluding hydrogens is 358 g/mol. The van der Waals surface area contributed by atoms with Crippen LogP contribution in [0.15, 0.2) is 11.1 Å². The molecule has 2 aromatic rings. The van der Waals surface area contributed by atoms with Crippen LogP contribution in [0, 0.1) is 17.8 Å². The van der Waals surface area contributed by atoms with Crippen molar-refractivity contribution < 1.29 is 4.79 Å². The molecular formula is C21H29N3O2S. The fraction of sp³-hybridized carbons (Fsp3) is 0.667. The molecule has 0 spiro atoms. The zero-order valence-corrected chi connectivity index (χ0v) is 17.3. The number of carbonyl (C=O) groups is 1. The smallest absolute Gasteiger partial charge is 0.262 e. The van der Waals surface area contributed by atoms with Crippen molar-refractivity contribution in [2.75, 3.05) is 0 Å². The van der Waals surface area contributed by atoms with Crippen molar-refractivity contribution in [1.82, 2.24) is 14.9 Å². The van der Waals surface area contributed by atoms with Crippen LogP contribution in [-0.2, 0) is 24.2 Å². The molecule has 146 valence electrons. The molecule has 2 aliphatic rings. The number of carbonyl (C=O) groups excluding carboxylic acids is 1. The third-order valence-electron chi connectivity index (χ3n) is 6.65. The summed E-state index contributed by atoms with van der Waals surface area (Å²) in [5, 5.41) is 3.91. The zero-order chi connectivity index (χ0) is 19.1. The lowest BCUT2D eigenvalue weighted by atomic mass is 9.78. The number of hydrogen-bond donors (Lipinski definition) is 1. The molecule has 2 aliphatic carbocycles. The number of fused-ring (bicyclic) bond motifs is 3. The van der Waals surface area contributed by atoms with Crippen LogP contribution in [0.2, 0.25) is 0 Å². The van der Waals surface area contributed by atoms with Crippen LogP contribution in [0.1, 0.15) is 56.9 Å². The normalized spacial score (nSPS) is 28.1. The average Bonchev–Trinajstić information content (AvgIpc) is 2.99. The Labute approximate surface area is 164 Å². The monoisotopic (exact) mass is 387 g/mol. The molecule has 0 radical (unpaired) electrons. The maximum absolute atomic E-state index is 13.0. The summed E-state index contributed by atoms with van der Waals surface area (Å²) >= 11 is 1.65. The van der Waals surface area contributed by atoms with Gasteiger partial charge in [0.25, 0.3) is 5.56 Å². The van der Waals surface area contributed by atoms with E-state index in [2.05, 4.69) is 31.1 Å². The van der Waals surface area contributed by atoms with Crippen LogP contribution >= 0.6 is 11.3 Å². The lowest BCUT2D eigenvalue weighted by molar-refractivity contribution is -0.123. The Kier molecular flexibility index (Phi) is 5.10. The van der Waals surface area contributed by atoms with Crippen LogP contribution in [0.25, 0.3) is 10.2 Å². The van der Waals surface area contributed by atoms with Crippen molar-refractivity contribution in [3.63, 3.8) is 0 Å². The molecule has 0 bridgehead atoms. The van der Waals surface area contributed by atoms with Crippen LogP contribution < -0.4 is 10.9 Å². The number of amides is 1. The Hall–Kier alpha value is -1.69. The number of nitrogens with zero attached hydrogens (tertiary/aromatic N) is 2. The van der Waals surface area contributed by atoms with Crippen molar-refractivity contribution in [1.29, 1.82) is 0 Å². The summed E-state index contributed by atoms with van der Waals surface area (Å²) in [6.45, 7) is 6.79. The lowest BCUT2D eigenvalue weighted by Crippen LogP contribution is -2.45. The fourth-order valence-corrected chi connectivity index (χ4v) is 6.01. The van der Waals surface area contributed by atoms with Crippen LogP contribution in [0.3, 0.4) is 0 Å². The average molecular weight is 388 g/mol. The molecule has 2 aromatic heterocycles. The van der Waals surface area contributed by atoms with Crippen molar-refractivity contribution >= 4 is 27.5 Å². The van der Waals surface area contributed by atoms with Gasteiger partial charge in [0.1, 0.15) is 11.4 Å². The molecule has 6 heteroatoms. The first-order valence-corrected chi connectivity index (χ1v) is 11.0. The van der Waals surface area contributed by atoms with Gasteiger partial charge in [0.2, 0.25) is 5.91 Å². The highest BCUT2D eigenvalue weighted by atomic mass is 32.1. The highest BCUT2D eigenvalue weighted by molar-refractivity contribution is 7.18. The summed E-state index contributed by atoms with van der Waals surface area (Å²) in [6.07, 6.45) is 8.06. The number of aromatic nitrogens is 2. The third kappa shape index (κ3) is 3.56. The highest BCUT2D eigenvalue weighted by Gasteiger charge is 2.28. The lowest BCUT2D eigenvalue weighted by Gasteiger charge is -2.34. The molecule has 0 saturated heterocycles. The van der Waals surface area contributed by atoms with E-state index in [1.165, 1.54) is 21.4 Å². The van der Waals surface area contributed by atoms with E-state index in [9.17, 15) is 9.59 Å². The van der Waals surface area contributed by atoms with Gasteiger partial charge in [-0.2, -0.15) is 0 Å². The second-order valence-corrected chi connectivity index (χ2v) is 9.73. The van der Waals surface area contributed by atoms with Gasteiger partial charge in [-0.25, -0.2) is 4.98 Å². The van der Waals surface area contributed by atoms with Gasteiger partial charge in [0.15, 0.2) is 0 Å². The van der Waals surface area contributed by atoms with Gasteiger partial charge in [-0.05, 0) is 49.0 Å². The minimum atomic E-state index is -0.0816. The van der Waals surface area contributed by atoms with Gasteiger partial charge in [0, 0.05) is 10.9 Å². The topological polar surface area (TPSA) is 64.0 Å². The summed E-state index contributed by atoms with van der Waals surface area (Å²) in [4.78, 5) is 32.3. The quantitative estimate of drug-likeness (QED) is 0.876. The van der Waals surface area contributed by atoms with E-state index in [0.717, 1.165) is 42.3 Å². The molecule has 0 aromatic carbocycles. The van der Waals surface area contributed by atoms with Crippen LogP contribution in [0.5, 0.6) is 0 Å². The molecule has 4 rings (SSSR count). The summed E-state index contributed by atoms with van der Waals surface area (Å²) in [5.41, 5.74) is 1.11. The molecule has 2 heterocycles. The second kappa shape index (κ2) is 7.38. The molecule has 1 fully saturated rings. The van der Waals surface area contributed by atoms with Gasteiger partial charge >= 0.3 is 0 Å². The molecule has 4 atom stereocenters. The first kappa shape index (κ1) is 18.7. The Bertz CT molecular complexity index is 916. The number of rotatable bonds is 3. The van der Waals surface area contributed by atoms with E-state index in [4.69, 9.17) is 0 Å². The highest BCUT2D eigenvalue weighted by Crippen LogP contribution is 2.35. The summed E-state index contributed by atoms with van der Waals surface area (Å²) in [6, 6.07) is 0.212. The SMILES string of the molecule is C[C@H]1CCc2c(sc3ncn(CC(=O)N[C@@H]4CCC[C@H](C)[C@@H]4C)c(=O)c23)C1. The summed E-state index contributed by atoms with van der Waals surface area (Å²) in [5.74, 6) is 1.69. The van der Waals surface area contributed by atoms with E-state index in [-0.39, 0.29) is 24.1 Å². The number of nitrogens with one attached hydrogen (secondary N) is 1. The Balaban J connectivity index is 1.55. The molecule has 0 unspecified atom stereocenters. The van der Waals surface area contributed by atoms with E-state index in [1.807, 2.05) is 0 Å². The van der Waals surface area contributed by atoms with E-state index in [0.29, 0.717) is 17.8 Å². The minimum absolute atomic E-state index is 0.0559. The van der Waals surface area contributed by atoms with Gasteiger partial charge in [0.05, 0.1) is 11.7 Å². The standard InChI is InChI=1S/C21H29N3O2S/c1-12-7-8-15-17(9-12)27-20-19(15)21(26)24(11-22-20)10-18(25)23-16-6-4-5-13(2)14(16)3/h11-14,16H,4-10H2,1-3H3,(H,23,25)/t12-,13-,14-,16+/m0/s1. The number of thiophene rings is 1. The van der Waals surface area contributed by atoms with Crippen LogP contribution in [0.4, 0.5) is 0 Å². The molecule has 1 N–H and O–H groups in total. The summed E-state index contributed by atoms with van der Waals surface area (Å²) in [7, 11) is 0. The zero-order valence-electron chi connectivity index (χ0n) is 16.5. The van der Waals surface area contributed by atoms with E-state index < -0.39 is 0 Å². The maximum atomic E-state index is 13.0. The van der Waals surface area contributed by atoms with Gasteiger partial charge in [-0.15, -0.1) is 11.3 Å². The van der Waals surface area contributed by atoms with Gasteiger partial charge < -0.3 is 5.32 Å². The Morgan fingerprint density at radius 3 is 2.93 bits per heavy atom. The Morgan fingerprint density at radius 1 is 1.30 bits per heavy atom. The van der Waals surface area contributed by atoms with Crippen molar-refractivity contribution in [3.8, 4) is 0 Å². The number of aryl methyl sites for hydroxylation is 1. The summed E-state index contributed by atoms with van der Waals surface area (Å²) < 4.78 is 1.49. The van der Waals surface area contributed by atoms with E-state index in [1.54, 1.807) is 17.7 Å². The fourth-order valence-electron chi connectivity index (χ4n) is 4.67. The van der Waals surface area contributed by atoms with Gasteiger partial charge in [-0.3, -0.25) is 14.2 Å². The van der Waals surface area contributed by atoms with Crippen molar-refractivity contribution in [2.45, 2.75) is 71.9 Å². The molecule has 0 aliphatic heterocycles. The minimum Gasteiger partial charge on any atom is -0.352 e. The molecule has 27 heavy (non-hydrogen) atoms. The van der Waals surface area contributed by atoms with Crippen molar-refractivity contribution in [3.05, 3.63) is 27.1 Å². The Morgan fingerprint density at radius 2 is 2.11 bits per heavy atom.